The molecule has 0 bridgehead atoms. The van der Waals surface area contributed by atoms with Crippen LogP contribution in [0.4, 0.5) is 0 Å². The molecular weight excluding hydrogens is 324 g/mol. The lowest BCUT2D eigenvalue weighted by atomic mass is 9.85. The van der Waals surface area contributed by atoms with Crippen LogP contribution in [0.1, 0.15) is 58.2 Å². The number of carbonyl (C=O) groups excluding carboxylic acids is 1. The van der Waals surface area contributed by atoms with Gasteiger partial charge in [0.15, 0.2) is 6.61 Å². The molecule has 2 aromatic carbocycles. The summed E-state index contributed by atoms with van der Waals surface area (Å²) in [6.07, 6.45) is 0. The highest BCUT2D eigenvalue weighted by atomic mass is 16.6. The van der Waals surface area contributed by atoms with E-state index in [1.54, 1.807) is 0 Å². The summed E-state index contributed by atoms with van der Waals surface area (Å²) in [4.78, 5) is 12.2. The summed E-state index contributed by atoms with van der Waals surface area (Å²) in [6, 6.07) is 13.7. The fraction of sp³-hybridized carbons (Fsp3) is 0.435. The van der Waals surface area contributed by atoms with E-state index in [0.29, 0.717) is 11.5 Å². The molecule has 2 aromatic rings. The largest absolute Gasteiger partial charge is 0.482 e. The molecule has 2 rings (SSSR count). The number of esters is 1. The molecule has 3 heteroatoms. The molecule has 0 fully saturated rings. The highest BCUT2D eigenvalue weighted by Crippen LogP contribution is 2.32. The summed E-state index contributed by atoms with van der Waals surface area (Å²) in [7, 11) is 0. The van der Waals surface area contributed by atoms with Gasteiger partial charge in [0.1, 0.15) is 11.5 Å². The predicted molar refractivity (Wildman–Crippen MR) is 106 cm³/mol. The van der Waals surface area contributed by atoms with E-state index in [1.165, 1.54) is 5.56 Å². The van der Waals surface area contributed by atoms with Gasteiger partial charge in [0.2, 0.25) is 0 Å². The quantitative estimate of drug-likeness (QED) is 0.531. The first-order chi connectivity index (χ1) is 12.0. The molecule has 26 heavy (non-hydrogen) atoms. The Balaban J connectivity index is 2.02. The average Bonchev–Trinajstić information content (AvgIpc) is 2.53. The second-order valence-electron chi connectivity index (χ2n) is 8.79. The molecule has 0 radical (unpaired) electrons. The molecule has 0 atom stereocenters. The van der Waals surface area contributed by atoms with Crippen LogP contribution in [0.25, 0.3) is 0 Å². The van der Waals surface area contributed by atoms with Crippen LogP contribution < -0.4 is 9.47 Å². The molecule has 3 nitrogen and oxygen atoms in total. The van der Waals surface area contributed by atoms with Crippen LogP contribution in [0.3, 0.4) is 0 Å². The molecule has 0 saturated heterocycles. The summed E-state index contributed by atoms with van der Waals surface area (Å²) < 4.78 is 11.1. The Hall–Kier alpha value is -2.29. The molecule has 0 aliphatic rings. The van der Waals surface area contributed by atoms with Gasteiger partial charge >= 0.3 is 5.97 Å². The number of hydrogen-bond acceptors (Lipinski definition) is 3. The molecule has 0 N–H and O–H groups in total. The number of rotatable bonds is 4. The molecular formula is C23H30O3. The van der Waals surface area contributed by atoms with E-state index in [4.69, 9.17) is 9.47 Å². The van der Waals surface area contributed by atoms with E-state index in [0.717, 1.165) is 11.1 Å². The lowest BCUT2D eigenvalue weighted by Gasteiger charge is -2.23. The van der Waals surface area contributed by atoms with Crippen LogP contribution in [0.5, 0.6) is 11.5 Å². The number of benzene rings is 2. The van der Waals surface area contributed by atoms with Crippen molar-refractivity contribution in [3.63, 3.8) is 0 Å². The summed E-state index contributed by atoms with van der Waals surface area (Å²) in [6.45, 7) is 14.7. The molecule has 0 aliphatic carbocycles. The maximum Gasteiger partial charge on any atom is 0.349 e. The van der Waals surface area contributed by atoms with E-state index >= 15 is 0 Å². The number of carbonyl (C=O) groups is 1. The summed E-state index contributed by atoms with van der Waals surface area (Å²) >= 11 is 0. The van der Waals surface area contributed by atoms with Crippen LogP contribution in [0.2, 0.25) is 0 Å². The van der Waals surface area contributed by atoms with Gasteiger partial charge in [-0.3, -0.25) is 0 Å². The van der Waals surface area contributed by atoms with Crippen molar-refractivity contribution in [2.24, 2.45) is 0 Å². The minimum absolute atomic E-state index is 0.0895. The highest BCUT2D eigenvalue weighted by Gasteiger charge is 2.21. The van der Waals surface area contributed by atoms with Crippen molar-refractivity contribution in [3.05, 3.63) is 59.2 Å². The Morgan fingerprint density at radius 2 is 1.50 bits per heavy atom. The van der Waals surface area contributed by atoms with Crippen molar-refractivity contribution >= 4 is 5.97 Å². The number of hydrogen-bond donors (Lipinski definition) is 0. The lowest BCUT2D eigenvalue weighted by molar-refractivity contribution is -0.136. The van der Waals surface area contributed by atoms with Gasteiger partial charge in [0.05, 0.1) is 0 Å². The van der Waals surface area contributed by atoms with Crippen LogP contribution >= 0.6 is 0 Å². The van der Waals surface area contributed by atoms with Crippen molar-refractivity contribution in [2.75, 3.05) is 6.61 Å². The third-order valence-electron chi connectivity index (χ3n) is 4.24. The minimum atomic E-state index is -0.403. The van der Waals surface area contributed by atoms with Crippen molar-refractivity contribution in [1.82, 2.24) is 0 Å². The zero-order valence-corrected chi connectivity index (χ0v) is 17.0. The third-order valence-corrected chi connectivity index (χ3v) is 4.24. The Morgan fingerprint density at radius 3 is 2.04 bits per heavy atom. The van der Waals surface area contributed by atoms with Gasteiger partial charge in [0.25, 0.3) is 0 Å². The van der Waals surface area contributed by atoms with Crippen LogP contribution in [-0.4, -0.2) is 12.6 Å². The number of aryl methyl sites for hydroxylation is 1. The molecule has 0 aliphatic heterocycles. The molecule has 0 spiro atoms. The summed E-state index contributed by atoms with van der Waals surface area (Å²) in [5.74, 6) is 0.855. The topological polar surface area (TPSA) is 35.5 Å². The van der Waals surface area contributed by atoms with Gasteiger partial charge in [-0.2, -0.15) is 0 Å². The van der Waals surface area contributed by atoms with Gasteiger partial charge in [-0.15, -0.1) is 0 Å². The SMILES string of the molecule is Cc1ccc(OC(=O)COc2ccc(C(C)(C)C)cc2)c(C(C)(C)C)c1. The van der Waals surface area contributed by atoms with E-state index in [1.807, 2.05) is 43.3 Å². The van der Waals surface area contributed by atoms with Gasteiger partial charge < -0.3 is 9.47 Å². The Labute approximate surface area is 157 Å². The maximum absolute atomic E-state index is 12.2. The van der Waals surface area contributed by atoms with Gasteiger partial charge in [0, 0.05) is 5.56 Å². The zero-order chi connectivity index (χ0) is 19.5. The zero-order valence-electron chi connectivity index (χ0n) is 17.0. The molecule has 0 aromatic heterocycles. The first-order valence-corrected chi connectivity index (χ1v) is 9.02. The molecule has 0 unspecified atom stereocenters. The second kappa shape index (κ2) is 7.53. The van der Waals surface area contributed by atoms with E-state index < -0.39 is 5.97 Å². The molecule has 0 amide bonds. The van der Waals surface area contributed by atoms with Crippen molar-refractivity contribution in [3.8, 4) is 11.5 Å². The van der Waals surface area contributed by atoms with E-state index in [9.17, 15) is 4.79 Å². The van der Waals surface area contributed by atoms with Crippen LogP contribution in [0, 0.1) is 6.92 Å². The lowest BCUT2D eigenvalue weighted by Crippen LogP contribution is -2.21. The van der Waals surface area contributed by atoms with Gasteiger partial charge in [-0.05, 0) is 41.5 Å². The van der Waals surface area contributed by atoms with E-state index in [-0.39, 0.29) is 17.4 Å². The first kappa shape index (κ1) is 20.0. The maximum atomic E-state index is 12.2. The third kappa shape index (κ3) is 5.35. The summed E-state index contributed by atoms with van der Waals surface area (Å²) in [5.41, 5.74) is 3.37. The highest BCUT2D eigenvalue weighted by molar-refractivity contribution is 5.74. The summed E-state index contributed by atoms with van der Waals surface area (Å²) in [5, 5.41) is 0. The van der Waals surface area contributed by atoms with Gasteiger partial charge in [-0.25, -0.2) is 4.79 Å². The number of ether oxygens (including phenoxy) is 2. The Kier molecular flexibility index (Phi) is 5.80. The van der Waals surface area contributed by atoms with E-state index in [2.05, 4.69) is 47.6 Å². The van der Waals surface area contributed by atoms with Crippen molar-refractivity contribution in [2.45, 2.75) is 59.3 Å². The minimum Gasteiger partial charge on any atom is -0.482 e. The molecule has 140 valence electrons. The van der Waals surface area contributed by atoms with Crippen molar-refractivity contribution in [1.29, 1.82) is 0 Å². The predicted octanol–water partition coefficient (Wildman–Crippen LogP) is 5.57. The molecule has 0 heterocycles. The van der Waals surface area contributed by atoms with Crippen LogP contribution in [0.15, 0.2) is 42.5 Å². The smallest absolute Gasteiger partial charge is 0.349 e. The standard InChI is InChI=1S/C23H30O3/c1-16-8-13-20(19(14-16)23(5,6)7)26-21(24)15-25-18-11-9-17(10-12-18)22(2,3)4/h8-14H,15H2,1-7H3. The molecule has 0 saturated carbocycles. The normalized spacial score (nSPS) is 12.0. The fourth-order valence-electron chi connectivity index (χ4n) is 2.66. The van der Waals surface area contributed by atoms with Gasteiger partial charge in [-0.1, -0.05) is 71.4 Å². The Bertz CT molecular complexity index is 760. The Morgan fingerprint density at radius 1 is 0.885 bits per heavy atom. The average molecular weight is 354 g/mol. The van der Waals surface area contributed by atoms with Crippen LogP contribution in [-0.2, 0) is 15.6 Å². The monoisotopic (exact) mass is 354 g/mol. The van der Waals surface area contributed by atoms with Crippen molar-refractivity contribution < 1.29 is 14.3 Å². The fourth-order valence-corrected chi connectivity index (χ4v) is 2.66. The first-order valence-electron chi connectivity index (χ1n) is 9.02. The second-order valence-corrected chi connectivity index (χ2v) is 8.79.